The SMILES string of the molecule is C=C(/C=C(\N=C(N)N)C1(C)CCOCC1)N1CC[C@@H](N)C1. The molecule has 21 heavy (non-hydrogen) atoms. The fourth-order valence-electron chi connectivity index (χ4n) is 2.86. The Hall–Kier alpha value is -1.53. The number of allylic oxidation sites excluding steroid dienone is 2. The maximum absolute atomic E-state index is 5.96. The molecule has 0 radical (unpaired) electrons. The maximum atomic E-state index is 5.96. The Bertz CT molecular complexity index is 447. The van der Waals surface area contributed by atoms with E-state index in [4.69, 9.17) is 21.9 Å². The second-order valence-corrected chi connectivity index (χ2v) is 6.23. The molecule has 2 aliphatic rings. The topological polar surface area (TPSA) is 103 Å². The normalized spacial score (nSPS) is 25.7. The number of rotatable bonds is 4. The summed E-state index contributed by atoms with van der Waals surface area (Å²) in [5.41, 5.74) is 18.9. The highest BCUT2D eigenvalue weighted by molar-refractivity contribution is 5.77. The van der Waals surface area contributed by atoms with Crippen molar-refractivity contribution in [3.05, 3.63) is 24.0 Å². The molecule has 6 N–H and O–H groups in total. The van der Waals surface area contributed by atoms with Gasteiger partial charge in [-0.1, -0.05) is 13.5 Å². The molecule has 2 heterocycles. The zero-order valence-electron chi connectivity index (χ0n) is 12.8. The molecule has 0 aromatic heterocycles. The molecule has 2 fully saturated rings. The first-order chi connectivity index (χ1) is 9.90. The molecule has 0 saturated carbocycles. The Balaban J connectivity index is 2.20. The third-order valence-electron chi connectivity index (χ3n) is 4.40. The average Bonchev–Trinajstić information content (AvgIpc) is 2.85. The molecule has 2 rings (SSSR count). The van der Waals surface area contributed by atoms with E-state index in [2.05, 4.69) is 23.4 Å². The van der Waals surface area contributed by atoms with Gasteiger partial charge in [-0.3, -0.25) is 0 Å². The quantitative estimate of drug-likeness (QED) is 0.398. The summed E-state index contributed by atoms with van der Waals surface area (Å²) in [7, 11) is 0. The second-order valence-electron chi connectivity index (χ2n) is 6.23. The van der Waals surface area contributed by atoms with Crippen LogP contribution in [0, 0.1) is 5.41 Å². The monoisotopic (exact) mass is 293 g/mol. The van der Waals surface area contributed by atoms with Gasteiger partial charge in [0.1, 0.15) is 0 Å². The van der Waals surface area contributed by atoms with Crippen molar-refractivity contribution in [2.45, 2.75) is 32.2 Å². The van der Waals surface area contributed by atoms with Crippen LogP contribution in [0.15, 0.2) is 29.0 Å². The molecule has 118 valence electrons. The predicted octanol–water partition coefficient (Wildman–Crippen LogP) is 0.507. The summed E-state index contributed by atoms with van der Waals surface area (Å²) in [5.74, 6) is 0.0832. The van der Waals surface area contributed by atoms with Gasteiger partial charge in [-0.25, -0.2) is 4.99 Å². The van der Waals surface area contributed by atoms with Crippen LogP contribution in [0.1, 0.15) is 26.2 Å². The van der Waals surface area contributed by atoms with E-state index < -0.39 is 0 Å². The first-order valence-corrected chi connectivity index (χ1v) is 7.50. The smallest absolute Gasteiger partial charge is 0.190 e. The Labute approximate surface area is 126 Å². The van der Waals surface area contributed by atoms with Crippen LogP contribution in [0.4, 0.5) is 0 Å². The van der Waals surface area contributed by atoms with E-state index in [0.717, 1.165) is 57.0 Å². The lowest BCUT2D eigenvalue weighted by atomic mass is 9.79. The van der Waals surface area contributed by atoms with Crippen molar-refractivity contribution in [1.29, 1.82) is 0 Å². The van der Waals surface area contributed by atoms with Crippen molar-refractivity contribution in [3.8, 4) is 0 Å². The number of hydrogen-bond donors (Lipinski definition) is 3. The highest BCUT2D eigenvalue weighted by atomic mass is 16.5. The van der Waals surface area contributed by atoms with Gasteiger partial charge in [-0.05, 0) is 25.3 Å². The van der Waals surface area contributed by atoms with Crippen LogP contribution < -0.4 is 17.2 Å². The average molecular weight is 293 g/mol. The van der Waals surface area contributed by atoms with Gasteiger partial charge in [0, 0.05) is 43.5 Å². The van der Waals surface area contributed by atoms with E-state index in [9.17, 15) is 0 Å². The number of hydrogen-bond acceptors (Lipinski definition) is 4. The van der Waals surface area contributed by atoms with E-state index >= 15 is 0 Å². The van der Waals surface area contributed by atoms with Crippen LogP contribution in [0.5, 0.6) is 0 Å². The standard InChI is InChI=1S/C15H27N5O/c1-11(20-6-3-12(16)10-20)9-13(19-14(17)18)15(2)4-7-21-8-5-15/h9,12H,1,3-8,10,16H2,2H3,(H4,17,18,19)/b13-9-/t12-/m1/s1. The lowest BCUT2D eigenvalue weighted by molar-refractivity contribution is 0.0396. The predicted molar refractivity (Wildman–Crippen MR) is 85.4 cm³/mol. The third kappa shape index (κ3) is 3.98. The first kappa shape index (κ1) is 15.9. The Kier molecular flexibility index (Phi) is 4.90. The van der Waals surface area contributed by atoms with Crippen molar-refractivity contribution in [1.82, 2.24) is 4.90 Å². The second kappa shape index (κ2) is 6.49. The zero-order chi connectivity index (χ0) is 15.5. The molecule has 0 aromatic carbocycles. The van der Waals surface area contributed by atoms with Gasteiger partial charge in [0.05, 0.1) is 5.70 Å². The molecule has 6 heteroatoms. The molecule has 2 aliphatic heterocycles. The maximum Gasteiger partial charge on any atom is 0.190 e. The molecule has 0 spiro atoms. The summed E-state index contributed by atoms with van der Waals surface area (Å²) < 4.78 is 5.45. The fraction of sp³-hybridized carbons (Fsp3) is 0.667. The lowest BCUT2D eigenvalue weighted by Gasteiger charge is -2.34. The van der Waals surface area contributed by atoms with Crippen LogP contribution >= 0.6 is 0 Å². The summed E-state index contributed by atoms with van der Waals surface area (Å²) in [5, 5.41) is 0. The lowest BCUT2D eigenvalue weighted by Crippen LogP contribution is -2.31. The first-order valence-electron chi connectivity index (χ1n) is 7.50. The number of nitrogens with zero attached hydrogens (tertiary/aromatic N) is 2. The van der Waals surface area contributed by atoms with Crippen molar-refractivity contribution < 1.29 is 4.74 Å². The van der Waals surface area contributed by atoms with Gasteiger partial charge in [-0.15, -0.1) is 0 Å². The number of ether oxygens (including phenoxy) is 1. The Morgan fingerprint density at radius 1 is 1.38 bits per heavy atom. The number of aliphatic imine (C=N–C) groups is 1. The van der Waals surface area contributed by atoms with E-state index in [1.54, 1.807) is 0 Å². The van der Waals surface area contributed by atoms with Gasteiger partial charge in [0.15, 0.2) is 5.96 Å². The van der Waals surface area contributed by atoms with Crippen LogP contribution in [0.3, 0.4) is 0 Å². The molecule has 2 saturated heterocycles. The number of nitrogens with two attached hydrogens (primary N) is 3. The summed E-state index contributed by atoms with van der Waals surface area (Å²) in [4.78, 5) is 6.55. The van der Waals surface area contributed by atoms with E-state index in [0.29, 0.717) is 0 Å². The molecule has 0 aliphatic carbocycles. The molecule has 6 nitrogen and oxygen atoms in total. The summed E-state index contributed by atoms with van der Waals surface area (Å²) in [6.45, 7) is 9.57. The highest BCUT2D eigenvalue weighted by Crippen LogP contribution is 2.39. The minimum Gasteiger partial charge on any atom is -0.381 e. The van der Waals surface area contributed by atoms with Gasteiger partial charge in [0.25, 0.3) is 0 Å². The number of likely N-dealkylation sites (tertiary alicyclic amines) is 1. The summed E-state index contributed by atoms with van der Waals surface area (Å²) in [6, 6.07) is 0.223. The van der Waals surface area contributed by atoms with Gasteiger partial charge in [-0.2, -0.15) is 0 Å². The third-order valence-corrected chi connectivity index (χ3v) is 4.40. The summed E-state index contributed by atoms with van der Waals surface area (Å²) in [6.07, 6.45) is 4.81. The van der Waals surface area contributed by atoms with Crippen LogP contribution in [-0.2, 0) is 4.74 Å². The number of guanidine groups is 1. The molecule has 0 unspecified atom stereocenters. The molecule has 0 amide bonds. The van der Waals surface area contributed by atoms with E-state index in [1.165, 1.54) is 0 Å². The van der Waals surface area contributed by atoms with Crippen LogP contribution in [0.2, 0.25) is 0 Å². The van der Waals surface area contributed by atoms with Gasteiger partial charge in [0.2, 0.25) is 0 Å². The van der Waals surface area contributed by atoms with Gasteiger partial charge >= 0.3 is 0 Å². The Morgan fingerprint density at radius 2 is 2.05 bits per heavy atom. The minimum absolute atomic E-state index is 0.0764. The molecular weight excluding hydrogens is 266 g/mol. The zero-order valence-corrected chi connectivity index (χ0v) is 12.8. The molecular formula is C15H27N5O. The Morgan fingerprint density at radius 3 is 2.57 bits per heavy atom. The van der Waals surface area contributed by atoms with E-state index in [1.807, 2.05) is 6.08 Å². The van der Waals surface area contributed by atoms with Crippen LogP contribution in [-0.4, -0.2) is 43.2 Å². The van der Waals surface area contributed by atoms with Crippen molar-refractivity contribution >= 4 is 5.96 Å². The van der Waals surface area contributed by atoms with Gasteiger partial charge < -0.3 is 26.8 Å². The minimum atomic E-state index is -0.0764. The summed E-state index contributed by atoms with van der Waals surface area (Å²) >= 11 is 0. The van der Waals surface area contributed by atoms with Crippen LogP contribution in [0.25, 0.3) is 0 Å². The highest BCUT2D eigenvalue weighted by Gasteiger charge is 2.32. The fourth-order valence-corrected chi connectivity index (χ4v) is 2.86. The largest absolute Gasteiger partial charge is 0.381 e. The van der Waals surface area contributed by atoms with E-state index in [-0.39, 0.29) is 17.4 Å². The van der Waals surface area contributed by atoms with Crippen molar-refractivity contribution in [3.63, 3.8) is 0 Å². The molecule has 0 aromatic rings. The molecule has 0 bridgehead atoms. The van der Waals surface area contributed by atoms with Crippen molar-refractivity contribution in [2.75, 3.05) is 26.3 Å². The van der Waals surface area contributed by atoms with Crippen molar-refractivity contribution in [2.24, 2.45) is 27.6 Å². The molecule has 1 atom stereocenters.